The first-order valence-electron chi connectivity index (χ1n) is 9.18. The summed E-state index contributed by atoms with van der Waals surface area (Å²) in [5, 5.41) is 12.2. The van der Waals surface area contributed by atoms with Crippen molar-refractivity contribution in [2.45, 2.75) is 0 Å². The van der Waals surface area contributed by atoms with Gasteiger partial charge in [-0.15, -0.1) is 0 Å². The van der Waals surface area contributed by atoms with E-state index in [1.54, 1.807) is 6.26 Å². The molecule has 0 spiro atoms. The highest BCUT2D eigenvalue weighted by atomic mass is 16.3. The molecule has 0 saturated heterocycles. The van der Waals surface area contributed by atoms with Crippen molar-refractivity contribution in [2.24, 2.45) is 0 Å². The maximum absolute atomic E-state index is 5.64. The van der Waals surface area contributed by atoms with E-state index in [1.807, 2.05) is 36.5 Å². The molecule has 3 aromatic heterocycles. The predicted octanol–water partition coefficient (Wildman–Crippen LogP) is 5.99. The summed E-state index contributed by atoms with van der Waals surface area (Å²) in [5.74, 6) is 0. The molecule has 0 aliphatic heterocycles. The van der Waals surface area contributed by atoms with E-state index in [1.165, 1.54) is 10.8 Å². The molecule has 0 saturated carbocycles. The predicted molar refractivity (Wildman–Crippen MR) is 112 cm³/mol. The van der Waals surface area contributed by atoms with Crippen LogP contribution in [0.4, 0.5) is 0 Å². The molecule has 0 fully saturated rings. The average molecular weight is 361 g/mol. The summed E-state index contributed by atoms with van der Waals surface area (Å²) in [6.45, 7) is 0. The van der Waals surface area contributed by atoms with E-state index < -0.39 is 0 Å². The van der Waals surface area contributed by atoms with E-state index in [4.69, 9.17) is 4.42 Å². The molecule has 28 heavy (non-hydrogen) atoms. The third-order valence-electron chi connectivity index (χ3n) is 5.24. The topological polar surface area (TPSA) is 43.9 Å². The molecule has 3 aromatic carbocycles. The van der Waals surface area contributed by atoms with Gasteiger partial charge in [0.15, 0.2) is 0 Å². The second-order valence-electron chi connectivity index (χ2n) is 6.81. The Hall–Kier alpha value is -3.92. The number of benzene rings is 3. The summed E-state index contributed by atoms with van der Waals surface area (Å²) < 4.78 is 7.88. The van der Waals surface area contributed by atoms with Crippen molar-refractivity contribution in [1.82, 2.24) is 14.8 Å². The summed E-state index contributed by atoms with van der Waals surface area (Å²) >= 11 is 0. The SMILES string of the molecule is c1ccc(-c2cc(-n3c4ccccc4c4c5ccoc5ccc43)cnn2)cc1. The molecule has 6 aromatic rings. The van der Waals surface area contributed by atoms with Crippen molar-refractivity contribution >= 4 is 32.8 Å². The lowest BCUT2D eigenvalue weighted by Gasteiger charge is -2.08. The van der Waals surface area contributed by atoms with Crippen LogP contribution in [0.5, 0.6) is 0 Å². The fourth-order valence-corrected chi connectivity index (χ4v) is 4.02. The molecular weight excluding hydrogens is 346 g/mol. The van der Waals surface area contributed by atoms with Crippen LogP contribution in [0.1, 0.15) is 0 Å². The summed E-state index contributed by atoms with van der Waals surface area (Å²) in [7, 11) is 0. The van der Waals surface area contributed by atoms with Crippen molar-refractivity contribution in [2.75, 3.05) is 0 Å². The molecule has 0 unspecified atom stereocenters. The number of furan rings is 1. The molecule has 132 valence electrons. The highest BCUT2D eigenvalue weighted by Crippen LogP contribution is 2.37. The molecule has 3 heterocycles. The minimum atomic E-state index is 0.855. The molecule has 0 aliphatic carbocycles. The molecule has 0 bridgehead atoms. The Balaban J connectivity index is 1.71. The minimum absolute atomic E-state index is 0.855. The van der Waals surface area contributed by atoms with E-state index in [2.05, 4.69) is 63.3 Å². The van der Waals surface area contributed by atoms with Gasteiger partial charge in [-0.1, -0.05) is 48.5 Å². The molecule has 0 aliphatic rings. The van der Waals surface area contributed by atoms with Crippen LogP contribution >= 0.6 is 0 Å². The van der Waals surface area contributed by atoms with Crippen molar-refractivity contribution in [3.63, 3.8) is 0 Å². The number of fused-ring (bicyclic) bond motifs is 5. The Bertz CT molecular complexity index is 1460. The monoisotopic (exact) mass is 361 g/mol. The zero-order valence-electron chi connectivity index (χ0n) is 14.9. The Labute approximate surface area is 160 Å². The van der Waals surface area contributed by atoms with Crippen molar-refractivity contribution in [3.05, 3.63) is 91.3 Å². The first kappa shape index (κ1) is 15.2. The van der Waals surface area contributed by atoms with E-state index >= 15 is 0 Å². The molecule has 4 heteroatoms. The van der Waals surface area contributed by atoms with Gasteiger partial charge in [0, 0.05) is 21.7 Å². The van der Waals surface area contributed by atoms with Crippen LogP contribution in [-0.2, 0) is 0 Å². The third kappa shape index (κ3) is 2.12. The minimum Gasteiger partial charge on any atom is -0.464 e. The van der Waals surface area contributed by atoms with Gasteiger partial charge in [0.05, 0.1) is 34.9 Å². The van der Waals surface area contributed by atoms with Crippen molar-refractivity contribution in [3.8, 4) is 16.9 Å². The quantitative estimate of drug-likeness (QED) is 0.381. The Kier molecular flexibility index (Phi) is 3.14. The van der Waals surface area contributed by atoms with Gasteiger partial charge in [0.2, 0.25) is 0 Å². The molecular formula is C24H15N3O. The Morgan fingerprint density at radius 1 is 0.750 bits per heavy atom. The molecule has 6 rings (SSSR count). The maximum atomic E-state index is 5.64. The summed E-state index contributed by atoms with van der Waals surface area (Å²) in [5.41, 5.74) is 6.06. The van der Waals surface area contributed by atoms with Crippen molar-refractivity contribution < 1.29 is 4.42 Å². The Morgan fingerprint density at radius 3 is 2.54 bits per heavy atom. The van der Waals surface area contributed by atoms with Crippen LogP contribution in [-0.4, -0.2) is 14.8 Å². The fourth-order valence-electron chi connectivity index (χ4n) is 4.02. The number of aromatic nitrogens is 3. The number of nitrogens with zero attached hydrogens (tertiary/aromatic N) is 3. The van der Waals surface area contributed by atoms with E-state index in [9.17, 15) is 0 Å². The zero-order valence-corrected chi connectivity index (χ0v) is 14.9. The van der Waals surface area contributed by atoms with Gasteiger partial charge in [-0.05, 0) is 30.3 Å². The highest BCUT2D eigenvalue weighted by Gasteiger charge is 2.16. The van der Waals surface area contributed by atoms with Gasteiger partial charge >= 0.3 is 0 Å². The van der Waals surface area contributed by atoms with Gasteiger partial charge in [-0.25, -0.2) is 0 Å². The smallest absolute Gasteiger partial charge is 0.134 e. The first-order chi connectivity index (χ1) is 13.9. The van der Waals surface area contributed by atoms with Gasteiger partial charge in [-0.3, -0.25) is 0 Å². The lowest BCUT2D eigenvalue weighted by molar-refractivity contribution is 0.616. The van der Waals surface area contributed by atoms with Gasteiger partial charge in [-0.2, -0.15) is 10.2 Å². The van der Waals surface area contributed by atoms with Gasteiger partial charge in [0.25, 0.3) is 0 Å². The molecule has 0 atom stereocenters. The van der Waals surface area contributed by atoms with Crippen LogP contribution < -0.4 is 0 Å². The van der Waals surface area contributed by atoms with Crippen LogP contribution in [0.3, 0.4) is 0 Å². The van der Waals surface area contributed by atoms with Gasteiger partial charge in [0.1, 0.15) is 5.58 Å². The first-order valence-corrected chi connectivity index (χ1v) is 9.18. The normalized spacial score (nSPS) is 11.6. The van der Waals surface area contributed by atoms with Crippen LogP contribution in [0.25, 0.3) is 49.7 Å². The second-order valence-corrected chi connectivity index (χ2v) is 6.81. The standard InChI is InChI=1S/C24H15N3O/c1-2-6-16(7-3-1)20-14-17(15-25-26-20)27-21-9-5-4-8-18(21)24-19-12-13-28-23(19)11-10-22(24)27/h1-15H. The number of hydrogen-bond acceptors (Lipinski definition) is 3. The van der Waals surface area contributed by atoms with Crippen molar-refractivity contribution in [1.29, 1.82) is 0 Å². The fraction of sp³-hybridized carbons (Fsp3) is 0. The Morgan fingerprint density at radius 2 is 1.61 bits per heavy atom. The molecule has 0 N–H and O–H groups in total. The molecule has 4 nitrogen and oxygen atoms in total. The van der Waals surface area contributed by atoms with Crippen LogP contribution in [0, 0.1) is 0 Å². The maximum Gasteiger partial charge on any atom is 0.134 e. The van der Waals surface area contributed by atoms with Crippen LogP contribution in [0.15, 0.2) is 95.7 Å². The number of rotatable bonds is 2. The average Bonchev–Trinajstić information content (AvgIpc) is 3.36. The summed E-state index contributed by atoms with van der Waals surface area (Å²) in [6, 6.07) is 26.8. The van der Waals surface area contributed by atoms with Gasteiger partial charge < -0.3 is 8.98 Å². The lowest BCUT2D eigenvalue weighted by Crippen LogP contribution is -1.97. The second kappa shape index (κ2) is 5.79. The van der Waals surface area contributed by atoms with E-state index in [0.29, 0.717) is 0 Å². The van der Waals surface area contributed by atoms with Crippen LogP contribution in [0.2, 0.25) is 0 Å². The highest BCUT2D eigenvalue weighted by molar-refractivity contribution is 6.20. The summed E-state index contributed by atoms with van der Waals surface area (Å²) in [4.78, 5) is 0. The number of hydrogen-bond donors (Lipinski definition) is 0. The third-order valence-corrected chi connectivity index (χ3v) is 5.24. The molecule has 0 radical (unpaired) electrons. The molecule has 0 amide bonds. The zero-order chi connectivity index (χ0) is 18.5. The van der Waals surface area contributed by atoms with E-state index in [0.717, 1.165) is 38.9 Å². The largest absolute Gasteiger partial charge is 0.464 e. The number of para-hydroxylation sites is 1. The summed E-state index contributed by atoms with van der Waals surface area (Å²) in [6.07, 6.45) is 3.57. The lowest BCUT2D eigenvalue weighted by atomic mass is 10.1. The van der Waals surface area contributed by atoms with E-state index in [-0.39, 0.29) is 0 Å².